The molecule has 3 rings (SSSR count). The summed E-state index contributed by atoms with van der Waals surface area (Å²) in [4.78, 5) is 23.0. The first-order valence-electron chi connectivity index (χ1n) is 8.83. The number of halogens is 1. The Balaban J connectivity index is 1.96. The van der Waals surface area contributed by atoms with E-state index < -0.39 is 22.2 Å². The van der Waals surface area contributed by atoms with E-state index in [1.807, 2.05) is 0 Å². The number of fused-ring (bicyclic) bond motifs is 1. The van der Waals surface area contributed by atoms with Gasteiger partial charge in [-0.2, -0.15) is 0 Å². The standard InChI is InChI=1S/C19H19BrN2O6S/c1-2-16-18(23)21-15-8-5-13(20)11-17(15)22(16)29(26,27)14-6-3-12(4-7-14)9-10-28-19(24)25/h3-8,11,16H,2,9-10H2,1H3,(H,21,23)(H,24,25)/t16-/m0/s1. The SMILES string of the molecule is CC[C@H]1C(=O)Nc2ccc(Br)cc2N1S(=O)(=O)c1ccc(CCOC(=O)O)cc1. The molecule has 1 aliphatic rings. The molecule has 0 radical (unpaired) electrons. The Labute approximate surface area is 176 Å². The number of carbonyl (C=O) groups excluding carboxylic acids is 1. The van der Waals surface area contributed by atoms with Crippen LogP contribution < -0.4 is 9.62 Å². The highest BCUT2D eigenvalue weighted by molar-refractivity contribution is 9.10. The highest BCUT2D eigenvalue weighted by Crippen LogP contribution is 2.39. The number of anilines is 2. The molecule has 1 atom stereocenters. The summed E-state index contributed by atoms with van der Waals surface area (Å²) in [6.45, 7) is 1.73. The van der Waals surface area contributed by atoms with E-state index in [0.717, 1.165) is 9.87 Å². The number of nitrogens with one attached hydrogen (secondary N) is 1. The minimum Gasteiger partial charge on any atom is -0.450 e. The molecule has 0 saturated heterocycles. The van der Waals surface area contributed by atoms with Gasteiger partial charge in [0, 0.05) is 10.9 Å². The van der Waals surface area contributed by atoms with E-state index in [1.165, 1.54) is 12.1 Å². The third-order valence-corrected chi connectivity index (χ3v) is 6.85. The Kier molecular flexibility index (Phi) is 6.13. The molecule has 154 valence electrons. The second-order valence-corrected chi connectivity index (χ2v) is 9.11. The van der Waals surface area contributed by atoms with Gasteiger partial charge in [-0.25, -0.2) is 13.2 Å². The van der Waals surface area contributed by atoms with E-state index in [1.54, 1.807) is 37.3 Å². The van der Waals surface area contributed by atoms with E-state index in [4.69, 9.17) is 5.11 Å². The van der Waals surface area contributed by atoms with Crippen molar-refractivity contribution in [1.29, 1.82) is 0 Å². The lowest BCUT2D eigenvalue weighted by atomic mass is 10.1. The highest BCUT2D eigenvalue weighted by atomic mass is 79.9. The Morgan fingerprint density at radius 1 is 1.24 bits per heavy atom. The molecule has 0 aliphatic carbocycles. The molecule has 0 spiro atoms. The van der Waals surface area contributed by atoms with E-state index in [2.05, 4.69) is 26.0 Å². The van der Waals surface area contributed by atoms with Crippen LogP contribution in [0.5, 0.6) is 0 Å². The molecule has 2 aromatic carbocycles. The number of sulfonamides is 1. The second-order valence-electron chi connectivity index (χ2n) is 6.38. The number of carbonyl (C=O) groups is 2. The molecule has 1 heterocycles. The van der Waals surface area contributed by atoms with Gasteiger partial charge in [0.25, 0.3) is 10.0 Å². The summed E-state index contributed by atoms with van der Waals surface area (Å²) in [5.41, 5.74) is 1.55. The zero-order chi connectivity index (χ0) is 21.2. The van der Waals surface area contributed by atoms with Crippen LogP contribution in [0.2, 0.25) is 0 Å². The largest absolute Gasteiger partial charge is 0.505 e. The van der Waals surface area contributed by atoms with Crippen molar-refractivity contribution in [3.05, 3.63) is 52.5 Å². The first-order chi connectivity index (χ1) is 13.7. The molecular weight excluding hydrogens is 464 g/mol. The molecule has 0 fully saturated rings. The van der Waals surface area contributed by atoms with Gasteiger partial charge in [0.2, 0.25) is 5.91 Å². The predicted octanol–water partition coefficient (Wildman–Crippen LogP) is 3.61. The average molecular weight is 483 g/mol. The normalized spacial score (nSPS) is 16.1. The van der Waals surface area contributed by atoms with Gasteiger partial charge in [-0.05, 0) is 42.3 Å². The summed E-state index contributed by atoms with van der Waals surface area (Å²) in [7, 11) is -4.01. The van der Waals surface area contributed by atoms with Crippen molar-refractivity contribution >= 4 is 49.4 Å². The number of ether oxygens (including phenoxy) is 1. The quantitative estimate of drug-likeness (QED) is 0.607. The number of carboxylic acid groups (broad SMARTS) is 1. The van der Waals surface area contributed by atoms with Crippen LogP contribution in [0.3, 0.4) is 0 Å². The lowest BCUT2D eigenvalue weighted by molar-refractivity contribution is -0.117. The van der Waals surface area contributed by atoms with Crippen molar-refractivity contribution in [2.45, 2.75) is 30.7 Å². The number of hydrogen-bond acceptors (Lipinski definition) is 5. The maximum absolute atomic E-state index is 13.4. The second kappa shape index (κ2) is 8.42. The first kappa shape index (κ1) is 21.1. The summed E-state index contributed by atoms with van der Waals surface area (Å²) in [5.74, 6) is -0.381. The third kappa shape index (κ3) is 4.38. The number of amides is 1. The zero-order valence-electron chi connectivity index (χ0n) is 15.5. The van der Waals surface area contributed by atoms with Crippen molar-refractivity contribution < 1.29 is 27.9 Å². The molecule has 0 bridgehead atoms. The van der Waals surface area contributed by atoms with Crippen LogP contribution in [0.25, 0.3) is 0 Å². The fourth-order valence-electron chi connectivity index (χ4n) is 3.13. The molecule has 0 aromatic heterocycles. The number of rotatable bonds is 6. The molecule has 2 aromatic rings. The van der Waals surface area contributed by atoms with Crippen molar-refractivity contribution in [2.24, 2.45) is 0 Å². The molecule has 8 nitrogen and oxygen atoms in total. The number of nitrogens with zero attached hydrogens (tertiary/aromatic N) is 1. The van der Waals surface area contributed by atoms with Crippen molar-refractivity contribution in [1.82, 2.24) is 0 Å². The first-order valence-corrected chi connectivity index (χ1v) is 11.1. The summed E-state index contributed by atoms with van der Waals surface area (Å²) in [6.07, 6.45) is -0.726. The van der Waals surface area contributed by atoms with Crippen molar-refractivity contribution in [3.8, 4) is 0 Å². The van der Waals surface area contributed by atoms with Crippen LogP contribution in [0, 0.1) is 0 Å². The molecule has 1 amide bonds. The van der Waals surface area contributed by atoms with E-state index in [0.29, 0.717) is 28.7 Å². The van der Waals surface area contributed by atoms with E-state index >= 15 is 0 Å². The van der Waals surface area contributed by atoms with Crippen LogP contribution in [0.4, 0.5) is 16.2 Å². The summed E-state index contributed by atoms with van der Waals surface area (Å²) in [6, 6.07) is 10.3. The average Bonchev–Trinajstić information content (AvgIpc) is 2.67. The van der Waals surface area contributed by atoms with E-state index in [9.17, 15) is 18.0 Å². The molecule has 0 unspecified atom stereocenters. The Morgan fingerprint density at radius 2 is 1.93 bits per heavy atom. The Bertz CT molecular complexity index is 1040. The number of hydrogen-bond donors (Lipinski definition) is 2. The predicted molar refractivity (Wildman–Crippen MR) is 111 cm³/mol. The van der Waals surface area contributed by atoms with Gasteiger partial charge in [0.05, 0.1) is 22.9 Å². The van der Waals surface area contributed by atoms with Crippen LogP contribution in [0.1, 0.15) is 18.9 Å². The molecule has 0 saturated carbocycles. The Morgan fingerprint density at radius 3 is 2.55 bits per heavy atom. The van der Waals surface area contributed by atoms with E-state index in [-0.39, 0.29) is 17.4 Å². The highest BCUT2D eigenvalue weighted by Gasteiger charge is 2.40. The molecule has 10 heteroatoms. The fraction of sp³-hybridized carbons (Fsp3) is 0.263. The van der Waals surface area contributed by atoms with Crippen LogP contribution >= 0.6 is 15.9 Å². The fourth-order valence-corrected chi connectivity index (χ4v) is 5.18. The van der Waals surface area contributed by atoms with Crippen molar-refractivity contribution in [2.75, 3.05) is 16.2 Å². The summed E-state index contributed by atoms with van der Waals surface area (Å²) >= 11 is 3.35. The minimum atomic E-state index is -4.01. The number of benzene rings is 2. The van der Waals surface area contributed by atoms with Gasteiger partial charge < -0.3 is 15.2 Å². The maximum Gasteiger partial charge on any atom is 0.505 e. The zero-order valence-corrected chi connectivity index (χ0v) is 17.9. The maximum atomic E-state index is 13.4. The molecule has 1 aliphatic heterocycles. The molecular formula is C19H19BrN2O6S. The molecule has 2 N–H and O–H groups in total. The summed E-state index contributed by atoms with van der Waals surface area (Å²) < 4.78 is 33.2. The smallest absolute Gasteiger partial charge is 0.450 e. The lowest BCUT2D eigenvalue weighted by Crippen LogP contribution is -2.50. The molecule has 29 heavy (non-hydrogen) atoms. The monoisotopic (exact) mass is 482 g/mol. The van der Waals surface area contributed by atoms with Gasteiger partial charge in [-0.3, -0.25) is 9.10 Å². The van der Waals surface area contributed by atoms with Gasteiger partial charge in [-0.15, -0.1) is 0 Å². The van der Waals surface area contributed by atoms with Gasteiger partial charge in [0.15, 0.2) is 0 Å². The third-order valence-electron chi connectivity index (χ3n) is 4.52. The summed E-state index contributed by atoms with van der Waals surface area (Å²) in [5, 5.41) is 11.3. The topological polar surface area (TPSA) is 113 Å². The Hall–Kier alpha value is -2.59. The van der Waals surface area contributed by atoms with Gasteiger partial charge in [0.1, 0.15) is 6.04 Å². The lowest BCUT2D eigenvalue weighted by Gasteiger charge is -2.36. The van der Waals surface area contributed by atoms with Crippen molar-refractivity contribution in [3.63, 3.8) is 0 Å². The van der Waals surface area contributed by atoms with Crippen LogP contribution in [-0.2, 0) is 26.0 Å². The minimum absolute atomic E-state index is 0.0208. The van der Waals surface area contributed by atoms with Crippen LogP contribution in [-0.4, -0.2) is 38.2 Å². The van der Waals surface area contributed by atoms with Gasteiger partial charge >= 0.3 is 6.16 Å². The van der Waals surface area contributed by atoms with Crippen LogP contribution in [0.15, 0.2) is 51.8 Å². The van der Waals surface area contributed by atoms with Gasteiger partial charge in [-0.1, -0.05) is 35.0 Å².